The van der Waals surface area contributed by atoms with Crippen molar-refractivity contribution in [1.82, 2.24) is 0 Å². The summed E-state index contributed by atoms with van der Waals surface area (Å²) in [4.78, 5) is 12.8. The van der Waals surface area contributed by atoms with Gasteiger partial charge < -0.3 is 10.5 Å². The molecule has 2 rings (SSSR count). The maximum absolute atomic E-state index is 11.9. The Morgan fingerprint density at radius 2 is 2.11 bits per heavy atom. The molecule has 0 fully saturated rings. The zero-order valence-corrected chi connectivity index (χ0v) is 13.4. The first-order valence-electron chi connectivity index (χ1n) is 5.13. The highest BCUT2D eigenvalue weighted by Gasteiger charge is 2.13. The van der Waals surface area contributed by atoms with Crippen LogP contribution in [0.15, 0.2) is 28.1 Å². The van der Waals surface area contributed by atoms with Gasteiger partial charge in [0.2, 0.25) is 0 Å². The number of thiophene rings is 1. The summed E-state index contributed by atoms with van der Waals surface area (Å²) in [7, 11) is 0. The van der Waals surface area contributed by atoms with Crippen LogP contribution in [0.4, 0.5) is 5.69 Å². The van der Waals surface area contributed by atoms with Gasteiger partial charge in [-0.2, -0.15) is 0 Å². The van der Waals surface area contributed by atoms with Gasteiger partial charge in [0.05, 0.1) is 25.1 Å². The maximum Gasteiger partial charge on any atom is 0.338 e. The second-order valence-electron chi connectivity index (χ2n) is 3.64. The molecule has 2 aromatic rings. The van der Waals surface area contributed by atoms with E-state index < -0.39 is 5.97 Å². The summed E-state index contributed by atoms with van der Waals surface area (Å²) in [5.41, 5.74) is 6.17. The van der Waals surface area contributed by atoms with Crippen LogP contribution in [-0.4, -0.2) is 5.97 Å². The summed E-state index contributed by atoms with van der Waals surface area (Å²) in [5.74, 6) is -0.491. The van der Waals surface area contributed by atoms with Gasteiger partial charge in [-0.25, -0.2) is 4.79 Å². The number of carbonyl (C=O) groups excluding carboxylic acids is 1. The Bertz CT molecular complexity index is 607. The van der Waals surface area contributed by atoms with Crippen LogP contribution in [0, 0.1) is 0 Å². The Morgan fingerprint density at radius 3 is 2.68 bits per heavy atom. The van der Waals surface area contributed by atoms with Crippen LogP contribution in [0.25, 0.3) is 0 Å². The third kappa shape index (κ3) is 3.63. The van der Waals surface area contributed by atoms with E-state index in [4.69, 9.17) is 33.7 Å². The Balaban J connectivity index is 2.08. The van der Waals surface area contributed by atoms with E-state index in [1.807, 2.05) is 12.1 Å². The van der Waals surface area contributed by atoms with Crippen molar-refractivity contribution in [2.24, 2.45) is 0 Å². The highest BCUT2D eigenvalue weighted by Crippen LogP contribution is 2.30. The number of nitrogens with two attached hydrogens (primary N) is 1. The van der Waals surface area contributed by atoms with Crippen LogP contribution in [0.5, 0.6) is 0 Å². The predicted octanol–water partition coefficient (Wildman–Crippen LogP) is 4.76. The Morgan fingerprint density at radius 1 is 1.37 bits per heavy atom. The molecule has 0 radical (unpaired) electrons. The van der Waals surface area contributed by atoms with E-state index in [-0.39, 0.29) is 27.9 Å². The lowest BCUT2D eigenvalue weighted by Gasteiger charge is -2.06. The van der Waals surface area contributed by atoms with Crippen molar-refractivity contribution in [2.45, 2.75) is 6.61 Å². The van der Waals surface area contributed by atoms with E-state index in [1.165, 1.54) is 23.5 Å². The molecular weight excluding hydrogens is 373 g/mol. The van der Waals surface area contributed by atoms with Crippen molar-refractivity contribution >= 4 is 62.1 Å². The van der Waals surface area contributed by atoms with Gasteiger partial charge in [0.25, 0.3) is 0 Å². The molecule has 0 aliphatic carbocycles. The van der Waals surface area contributed by atoms with Crippen molar-refractivity contribution in [3.8, 4) is 0 Å². The maximum atomic E-state index is 11.9. The third-order valence-electron chi connectivity index (χ3n) is 2.27. The number of esters is 1. The van der Waals surface area contributed by atoms with E-state index in [1.54, 1.807) is 0 Å². The van der Waals surface area contributed by atoms with E-state index >= 15 is 0 Å². The number of ether oxygens (including phenoxy) is 1. The van der Waals surface area contributed by atoms with Crippen LogP contribution in [-0.2, 0) is 11.3 Å². The molecule has 0 saturated carbocycles. The van der Waals surface area contributed by atoms with Crippen LogP contribution in [0.3, 0.4) is 0 Å². The number of halogens is 3. The third-order valence-corrected chi connectivity index (χ3v) is 4.68. The quantitative estimate of drug-likeness (QED) is 0.617. The normalized spacial score (nSPS) is 10.5. The summed E-state index contributed by atoms with van der Waals surface area (Å²) in [5, 5.41) is 0.466. The molecule has 0 amide bonds. The minimum Gasteiger partial charge on any atom is -0.456 e. The van der Waals surface area contributed by atoms with E-state index in [0.717, 1.165) is 8.66 Å². The number of nitrogen functional groups attached to an aromatic ring is 1. The highest BCUT2D eigenvalue weighted by molar-refractivity contribution is 9.11. The zero-order valence-electron chi connectivity index (χ0n) is 9.45. The van der Waals surface area contributed by atoms with Crippen LogP contribution in [0.1, 0.15) is 15.2 Å². The lowest BCUT2D eigenvalue weighted by molar-refractivity contribution is 0.0477. The summed E-state index contributed by atoms with van der Waals surface area (Å²) < 4.78 is 6.15. The minimum atomic E-state index is -0.491. The van der Waals surface area contributed by atoms with E-state index in [9.17, 15) is 4.79 Å². The summed E-state index contributed by atoms with van der Waals surface area (Å²) in [6.07, 6.45) is 0. The molecule has 0 bridgehead atoms. The first kappa shape index (κ1) is 14.7. The van der Waals surface area contributed by atoms with E-state index in [0.29, 0.717) is 0 Å². The van der Waals surface area contributed by atoms with Gasteiger partial charge in [-0.05, 0) is 40.2 Å². The highest BCUT2D eigenvalue weighted by atomic mass is 79.9. The number of rotatable bonds is 3. The van der Waals surface area contributed by atoms with Crippen LogP contribution >= 0.6 is 50.5 Å². The van der Waals surface area contributed by atoms with Gasteiger partial charge in [-0.1, -0.05) is 23.2 Å². The molecule has 7 heteroatoms. The largest absolute Gasteiger partial charge is 0.456 e. The summed E-state index contributed by atoms with van der Waals surface area (Å²) in [6, 6.07) is 6.66. The van der Waals surface area contributed by atoms with Gasteiger partial charge in [-0.3, -0.25) is 0 Å². The van der Waals surface area contributed by atoms with Gasteiger partial charge in [-0.15, -0.1) is 11.3 Å². The number of carbonyl (C=O) groups is 1. The van der Waals surface area contributed by atoms with Crippen molar-refractivity contribution < 1.29 is 9.53 Å². The molecule has 0 saturated heterocycles. The molecule has 100 valence electrons. The zero-order chi connectivity index (χ0) is 14.0. The van der Waals surface area contributed by atoms with Gasteiger partial charge in [0.1, 0.15) is 6.61 Å². The lowest BCUT2D eigenvalue weighted by atomic mass is 10.2. The molecule has 0 aliphatic rings. The molecule has 1 aromatic carbocycles. The van der Waals surface area contributed by atoms with Crippen LogP contribution < -0.4 is 5.73 Å². The predicted molar refractivity (Wildman–Crippen MR) is 82.0 cm³/mol. The molecule has 0 unspecified atom stereocenters. The Labute approximate surface area is 132 Å². The Kier molecular flexibility index (Phi) is 4.73. The monoisotopic (exact) mass is 379 g/mol. The first-order chi connectivity index (χ1) is 8.97. The molecule has 1 aromatic heterocycles. The number of benzene rings is 1. The first-order valence-corrected chi connectivity index (χ1v) is 7.50. The fourth-order valence-electron chi connectivity index (χ4n) is 1.38. The lowest BCUT2D eigenvalue weighted by Crippen LogP contribution is -2.05. The van der Waals surface area contributed by atoms with Crippen LogP contribution in [0.2, 0.25) is 10.0 Å². The summed E-state index contributed by atoms with van der Waals surface area (Å²) >= 11 is 16.5. The molecular formula is C12H8BrCl2NO2S. The molecule has 0 aliphatic heterocycles. The topological polar surface area (TPSA) is 52.3 Å². The molecule has 2 N–H and O–H groups in total. The average Bonchev–Trinajstić information content (AvgIpc) is 2.78. The molecule has 1 heterocycles. The second-order valence-corrected chi connectivity index (χ2v) is 6.98. The molecule has 19 heavy (non-hydrogen) atoms. The van der Waals surface area contributed by atoms with Gasteiger partial charge >= 0.3 is 5.97 Å². The minimum absolute atomic E-state index is 0.204. The molecule has 0 atom stereocenters. The number of anilines is 1. The van der Waals surface area contributed by atoms with Crippen molar-refractivity contribution in [2.75, 3.05) is 5.73 Å². The summed E-state index contributed by atoms with van der Waals surface area (Å²) in [6.45, 7) is 0.204. The Hall–Kier alpha value is -0.750. The van der Waals surface area contributed by atoms with Crippen molar-refractivity contribution in [1.29, 1.82) is 0 Å². The molecule has 3 nitrogen and oxygen atoms in total. The van der Waals surface area contributed by atoms with Gasteiger partial charge in [0.15, 0.2) is 0 Å². The molecule has 0 spiro atoms. The van der Waals surface area contributed by atoms with Crippen molar-refractivity contribution in [3.05, 3.63) is 48.5 Å². The smallest absolute Gasteiger partial charge is 0.338 e. The number of hydrogen-bond donors (Lipinski definition) is 1. The average molecular weight is 381 g/mol. The fraction of sp³-hybridized carbons (Fsp3) is 0.0833. The van der Waals surface area contributed by atoms with Crippen molar-refractivity contribution in [3.63, 3.8) is 0 Å². The standard InChI is InChI=1S/C12H8BrCl2NO2S/c13-10-2-1-7(19-10)5-18-12(17)6-3-8(14)11(15)9(16)4-6/h1-4H,5,16H2. The second kappa shape index (κ2) is 6.13. The van der Waals surface area contributed by atoms with Gasteiger partial charge in [0, 0.05) is 4.88 Å². The van der Waals surface area contributed by atoms with E-state index in [2.05, 4.69) is 15.9 Å². The SMILES string of the molecule is Nc1cc(C(=O)OCc2ccc(Br)s2)cc(Cl)c1Cl. The number of hydrogen-bond acceptors (Lipinski definition) is 4. The fourth-order valence-corrected chi connectivity index (χ4v) is 3.11.